The smallest absolute Gasteiger partial charge is 0.159 e. The number of aliphatic hydroxyl groups excluding tert-OH is 2. The fraction of sp³-hybridized carbons (Fsp3) is 0.429. The average Bonchev–Trinajstić information content (AvgIpc) is 2.05. The molecule has 0 saturated heterocycles. The van der Waals surface area contributed by atoms with Gasteiger partial charge in [-0.2, -0.15) is 0 Å². The summed E-state index contributed by atoms with van der Waals surface area (Å²) in [5.41, 5.74) is 0.930. The molecular weight excluding hydrogens is 144 g/mol. The van der Waals surface area contributed by atoms with Gasteiger partial charge >= 0.3 is 0 Å². The van der Waals surface area contributed by atoms with Crippen LogP contribution in [0.25, 0.3) is 0 Å². The number of rotatable bonds is 2. The van der Waals surface area contributed by atoms with E-state index < -0.39 is 6.10 Å². The molecule has 1 heterocycles. The van der Waals surface area contributed by atoms with Crippen LogP contribution in [-0.4, -0.2) is 26.8 Å². The van der Waals surface area contributed by atoms with Crippen LogP contribution in [-0.2, 0) is 0 Å². The number of aromatic nitrogens is 2. The fourth-order valence-corrected chi connectivity index (χ4v) is 0.656. The van der Waals surface area contributed by atoms with Crippen LogP contribution in [0.5, 0.6) is 0 Å². The summed E-state index contributed by atoms with van der Waals surface area (Å²) in [6.45, 7) is 1.51. The van der Waals surface area contributed by atoms with Gasteiger partial charge in [0.1, 0.15) is 6.10 Å². The first-order valence-electron chi connectivity index (χ1n) is 3.31. The molecule has 4 heteroatoms. The molecule has 2 N–H and O–H groups in total. The van der Waals surface area contributed by atoms with Gasteiger partial charge in [0.25, 0.3) is 0 Å². The zero-order valence-corrected chi connectivity index (χ0v) is 6.23. The molecule has 0 bridgehead atoms. The first kappa shape index (κ1) is 8.10. The van der Waals surface area contributed by atoms with E-state index in [2.05, 4.69) is 9.97 Å². The van der Waals surface area contributed by atoms with Gasteiger partial charge in [-0.05, 0) is 12.5 Å². The second-order valence-electron chi connectivity index (χ2n) is 2.32. The number of nitrogens with zero attached hydrogens (tertiary/aromatic N) is 2. The lowest BCUT2D eigenvalue weighted by atomic mass is 10.3. The highest BCUT2D eigenvalue weighted by molar-refractivity contribution is 5.03. The highest BCUT2D eigenvalue weighted by Gasteiger charge is 2.07. The van der Waals surface area contributed by atoms with E-state index in [0.717, 1.165) is 5.56 Å². The molecule has 0 saturated carbocycles. The van der Waals surface area contributed by atoms with E-state index in [-0.39, 0.29) is 12.4 Å². The third-order valence-corrected chi connectivity index (χ3v) is 1.27. The van der Waals surface area contributed by atoms with E-state index in [9.17, 15) is 0 Å². The molecule has 4 nitrogen and oxygen atoms in total. The Morgan fingerprint density at radius 2 is 2.00 bits per heavy atom. The summed E-state index contributed by atoms with van der Waals surface area (Å²) in [6.07, 6.45) is 2.23. The lowest BCUT2D eigenvalue weighted by Crippen LogP contribution is -2.07. The molecule has 0 unspecified atom stereocenters. The molecular formula is C7H10N2O2. The van der Waals surface area contributed by atoms with Gasteiger partial charge in [0, 0.05) is 12.4 Å². The largest absolute Gasteiger partial charge is 0.393 e. The van der Waals surface area contributed by atoms with Crippen LogP contribution in [0.3, 0.4) is 0 Å². The lowest BCUT2D eigenvalue weighted by molar-refractivity contribution is 0.0885. The number of aliphatic hydroxyl groups is 2. The van der Waals surface area contributed by atoms with E-state index in [1.54, 1.807) is 12.4 Å². The number of aryl methyl sites for hydroxylation is 1. The van der Waals surface area contributed by atoms with E-state index in [4.69, 9.17) is 10.2 Å². The highest BCUT2D eigenvalue weighted by atomic mass is 16.3. The summed E-state index contributed by atoms with van der Waals surface area (Å²) in [6, 6.07) is 0. The maximum absolute atomic E-state index is 9.05. The van der Waals surface area contributed by atoms with Crippen LogP contribution in [0.4, 0.5) is 0 Å². The molecule has 1 aromatic heterocycles. The van der Waals surface area contributed by atoms with Gasteiger partial charge in [-0.15, -0.1) is 0 Å². The van der Waals surface area contributed by atoms with Crippen molar-refractivity contribution >= 4 is 0 Å². The summed E-state index contributed by atoms with van der Waals surface area (Å²) in [7, 11) is 0. The predicted molar refractivity (Wildman–Crippen MR) is 38.8 cm³/mol. The van der Waals surface area contributed by atoms with Gasteiger partial charge in [0.05, 0.1) is 6.61 Å². The van der Waals surface area contributed by atoms with Crippen LogP contribution in [0.1, 0.15) is 17.5 Å². The quantitative estimate of drug-likeness (QED) is 0.619. The van der Waals surface area contributed by atoms with E-state index in [1.807, 2.05) is 6.92 Å². The Morgan fingerprint density at radius 1 is 1.45 bits per heavy atom. The van der Waals surface area contributed by atoms with Crippen LogP contribution >= 0.6 is 0 Å². The van der Waals surface area contributed by atoms with Crippen LogP contribution < -0.4 is 0 Å². The van der Waals surface area contributed by atoms with E-state index in [0.29, 0.717) is 0 Å². The summed E-state index contributed by atoms with van der Waals surface area (Å²) in [4.78, 5) is 7.66. The fourth-order valence-electron chi connectivity index (χ4n) is 0.656. The Balaban J connectivity index is 2.81. The normalized spacial score (nSPS) is 13.0. The number of hydrogen-bond donors (Lipinski definition) is 2. The van der Waals surface area contributed by atoms with Crippen LogP contribution in [0, 0.1) is 6.92 Å². The highest BCUT2D eigenvalue weighted by Crippen LogP contribution is 2.04. The lowest BCUT2D eigenvalue weighted by Gasteiger charge is -2.03. The Hall–Kier alpha value is -1.00. The first-order valence-corrected chi connectivity index (χ1v) is 3.31. The van der Waals surface area contributed by atoms with Crippen LogP contribution in [0.2, 0.25) is 0 Å². The van der Waals surface area contributed by atoms with Crippen molar-refractivity contribution in [2.24, 2.45) is 0 Å². The first-order chi connectivity index (χ1) is 5.24. The van der Waals surface area contributed by atoms with Crippen molar-refractivity contribution in [1.82, 2.24) is 9.97 Å². The molecule has 0 fully saturated rings. The summed E-state index contributed by atoms with van der Waals surface area (Å²) in [5, 5.41) is 17.6. The molecule has 0 aliphatic rings. The monoisotopic (exact) mass is 154 g/mol. The maximum atomic E-state index is 9.05. The van der Waals surface area contributed by atoms with Gasteiger partial charge in [0.2, 0.25) is 0 Å². The minimum atomic E-state index is -0.962. The Kier molecular flexibility index (Phi) is 2.51. The zero-order chi connectivity index (χ0) is 8.27. The van der Waals surface area contributed by atoms with Gasteiger partial charge in [-0.3, -0.25) is 0 Å². The molecule has 60 valence electrons. The minimum absolute atomic E-state index is 0.262. The summed E-state index contributed by atoms with van der Waals surface area (Å²) < 4.78 is 0. The predicted octanol–water partition coefficient (Wildman–Crippen LogP) is -0.189. The molecule has 1 atom stereocenters. The van der Waals surface area contributed by atoms with Crippen molar-refractivity contribution in [2.75, 3.05) is 6.61 Å². The Bertz CT molecular complexity index is 222. The second-order valence-corrected chi connectivity index (χ2v) is 2.32. The van der Waals surface area contributed by atoms with Crippen molar-refractivity contribution in [2.45, 2.75) is 13.0 Å². The van der Waals surface area contributed by atoms with E-state index in [1.165, 1.54) is 0 Å². The average molecular weight is 154 g/mol. The summed E-state index contributed by atoms with van der Waals surface area (Å²) in [5.74, 6) is 0.262. The summed E-state index contributed by atoms with van der Waals surface area (Å²) >= 11 is 0. The van der Waals surface area contributed by atoms with Crippen molar-refractivity contribution in [3.63, 3.8) is 0 Å². The standard InChI is InChI=1S/C7H10N2O2/c1-5-2-8-7(9-3-5)6(11)4-10/h2-3,6,10-11H,4H2,1H3/t6-/m0/s1. The molecule has 1 aromatic rings. The van der Waals surface area contributed by atoms with Crippen molar-refractivity contribution in [3.8, 4) is 0 Å². The molecule has 0 aromatic carbocycles. The van der Waals surface area contributed by atoms with Gasteiger partial charge in [0.15, 0.2) is 5.82 Å². The van der Waals surface area contributed by atoms with Crippen molar-refractivity contribution in [1.29, 1.82) is 0 Å². The zero-order valence-electron chi connectivity index (χ0n) is 6.23. The van der Waals surface area contributed by atoms with Gasteiger partial charge in [-0.25, -0.2) is 9.97 Å². The third-order valence-electron chi connectivity index (χ3n) is 1.27. The van der Waals surface area contributed by atoms with Crippen LogP contribution in [0.15, 0.2) is 12.4 Å². The Morgan fingerprint density at radius 3 is 2.45 bits per heavy atom. The minimum Gasteiger partial charge on any atom is -0.393 e. The molecule has 0 spiro atoms. The molecule has 1 rings (SSSR count). The van der Waals surface area contributed by atoms with Crippen molar-refractivity contribution < 1.29 is 10.2 Å². The molecule has 0 aliphatic heterocycles. The maximum Gasteiger partial charge on any atom is 0.159 e. The van der Waals surface area contributed by atoms with E-state index >= 15 is 0 Å². The van der Waals surface area contributed by atoms with Gasteiger partial charge in [-0.1, -0.05) is 0 Å². The SMILES string of the molecule is Cc1cnc([C@@H](O)CO)nc1. The second kappa shape index (κ2) is 3.41. The molecule has 11 heavy (non-hydrogen) atoms. The van der Waals surface area contributed by atoms with Gasteiger partial charge < -0.3 is 10.2 Å². The molecule has 0 amide bonds. The molecule has 0 radical (unpaired) electrons. The van der Waals surface area contributed by atoms with Crippen molar-refractivity contribution in [3.05, 3.63) is 23.8 Å². The molecule has 0 aliphatic carbocycles. The Labute approximate surface area is 64.6 Å². The topological polar surface area (TPSA) is 66.2 Å². The third kappa shape index (κ3) is 1.96. The number of hydrogen-bond acceptors (Lipinski definition) is 4.